The van der Waals surface area contributed by atoms with Crippen molar-refractivity contribution >= 4 is 5.91 Å². The van der Waals surface area contributed by atoms with E-state index in [-0.39, 0.29) is 18.1 Å². The molecule has 5 nitrogen and oxygen atoms in total. The lowest BCUT2D eigenvalue weighted by molar-refractivity contribution is -0.149. The van der Waals surface area contributed by atoms with Gasteiger partial charge in [0.2, 0.25) is 0 Å². The number of hydrogen-bond donors (Lipinski definition) is 1. The maximum absolute atomic E-state index is 12.2. The fourth-order valence-corrected chi connectivity index (χ4v) is 2.31. The summed E-state index contributed by atoms with van der Waals surface area (Å²) in [6.45, 7) is 3.44. The third-order valence-electron chi connectivity index (χ3n) is 3.16. The summed E-state index contributed by atoms with van der Waals surface area (Å²) in [7, 11) is 1.89. The summed E-state index contributed by atoms with van der Waals surface area (Å²) in [6.07, 6.45) is 1.65. The van der Waals surface area contributed by atoms with Crippen LogP contribution in [0.4, 0.5) is 0 Å². The second kappa shape index (κ2) is 5.61. The van der Waals surface area contributed by atoms with Crippen molar-refractivity contribution in [1.82, 2.24) is 10.2 Å². The molecule has 0 aromatic heterocycles. The molecule has 1 amide bonds. The highest BCUT2D eigenvalue weighted by atomic mass is 16.5. The number of rotatable bonds is 3. The van der Waals surface area contributed by atoms with Crippen LogP contribution in [0.1, 0.15) is 12.8 Å². The first-order valence-corrected chi connectivity index (χ1v) is 5.97. The number of nitrogens with zero attached hydrogens (tertiary/aromatic N) is 1. The first kappa shape index (κ1) is 11.8. The van der Waals surface area contributed by atoms with E-state index < -0.39 is 0 Å². The topological polar surface area (TPSA) is 50.8 Å². The zero-order chi connectivity index (χ0) is 11.4. The Morgan fingerprint density at radius 2 is 2.38 bits per heavy atom. The number of carbonyl (C=O) groups excluding carboxylic acids is 1. The monoisotopic (exact) mass is 228 g/mol. The molecular formula is C11H20N2O3. The molecule has 0 aromatic carbocycles. The van der Waals surface area contributed by atoms with Crippen LogP contribution in [0.2, 0.25) is 0 Å². The van der Waals surface area contributed by atoms with Gasteiger partial charge >= 0.3 is 0 Å². The summed E-state index contributed by atoms with van der Waals surface area (Å²) in [5.74, 6) is 0.140. The van der Waals surface area contributed by atoms with E-state index >= 15 is 0 Å². The predicted molar refractivity (Wildman–Crippen MR) is 59.2 cm³/mol. The maximum atomic E-state index is 12.2. The highest BCUT2D eigenvalue weighted by Gasteiger charge is 2.33. The molecular weight excluding hydrogens is 208 g/mol. The average Bonchev–Trinajstić information content (AvgIpc) is 2.83. The molecule has 2 saturated heterocycles. The van der Waals surface area contributed by atoms with E-state index in [1.165, 1.54) is 0 Å². The van der Waals surface area contributed by atoms with Crippen molar-refractivity contribution in [3.05, 3.63) is 0 Å². The second-order valence-corrected chi connectivity index (χ2v) is 4.32. The quantitative estimate of drug-likeness (QED) is 0.715. The van der Waals surface area contributed by atoms with Gasteiger partial charge in [0.1, 0.15) is 6.10 Å². The minimum atomic E-state index is -0.211. The van der Waals surface area contributed by atoms with Crippen LogP contribution >= 0.6 is 0 Å². The molecule has 2 rings (SSSR count). The Hall–Kier alpha value is -0.650. The Bertz CT molecular complexity index is 239. The van der Waals surface area contributed by atoms with Crippen molar-refractivity contribution < 1.29 is 14.3 Å². The summed E-state index contributed by atoms with van der Waals surface area (Å²) in [5.41, 5.74) is 0. The molecule has 2 heterocycles. The first-order valence-electron chi connectivity index (χ1n) is 5.97. The van der Waals surface area contributed by atoms with Gasteiger partial charge in [-0.3, -0.25) is 4.79 Å². The molecule has 1 unspecified atom stereocenters. The van der Waals surface area contributed by atoms with Crippen LogP contribution in [0, 0.1) is 0 Å². The molecule has 2 atom stereocenters. The third kappa shape index (κ3) is 2.53. The normalized spacial score (nSPS) is 30.7. The van der Waals surface area contributed by atoms with E-state index in [1.54, 1.807) is 0 Å². The van der Waals surface area contributed by atoms with Gasteiger partial charge in [-0.2, -0.15) is 0 Å². The molecule has 0 spiro atoms. The Balaban J connectivity index is 1.95. The predicted octanol–water partition coefficient (Wildman–Crippen LogP) is -0.388. The molecule has 0 saturated carbocycles. The van der Waals surface area contributed by atoms with E-state index in [0.717, 1.165) is 26.0 Å². The van der Waals surface area contributed by atoms with Gasteiger partial charge in [0, 0.05) is 19.7 Å². The Kier molecular flexibility index (Phi) is 4.15. The van der Waals surface area contributed by atoms with Gasteiger partial charge in [0.25, 0.3) is 5.91 Å². The Morgan fingerprint density at radius 3 is 3.06 bits per heavy atom. The molecule has 16 heavy (non-hydrogen) atoms. The molecule has 2 fully saturated rings. The number of nitrogens with one attached hydrogen (secondary N) is 1. The number of hydrogen-bond acceptors (Lipinski definition) is 4. The maximum Gasteiger partial charge on any atom is 0.252 e. The highest BCUT2D eigenvalue weighted by molar-refractivity contribution is 5.81. The van der Waals surface area contributed by atoms with Gasteiger partial charge in [-0.25, -0.2) is 0 Å². The van der Waals surface area contributed by atoms with Gasteiger partial charge in [-0.1, -0.05) is 0 Å². The minimum Gasteiger partial charge on any atom is -0.377 e. The summed E-state index contributed by atoms with van der Waals surface area (Å²) in [6, 6.07) is 0.149. The van der Waals surface area contributed by atoms with E-state index in [4.69, 9.17) is 9.47 Å². The van der Waals surface area contributed by atoms with Crippen LogP contribution in [-0.4, -0.2) is 62.9 Å². The molecule has 2 aliphatic heterocycles. The fraction of sp³-hybridized carbons (Fsp3) is 0.909. The Labute approximate surface area is 96.1 Å². The lowest BCUT2D eigenvalue weighted by atomic mass is 10.1. The standard InChI is InChI=1S/C11H20N2O3/c1-12-7-9-8-15-6-4-13(9)11(14)10-3-2-5-16-10/h9-10,12H,2-8H2,1H3/t9-,10?/m1/s1. The smallest absolute Gasteiger partial charge is 0.252 e. The Morgan fingerprint density at radius 1 is 1.50 bits per heavy atom. The van der Waals surface area contributed by atoms with Crippen LogP contribution in [0.25, 0.3) is 0 Å². The first-order chi connectivity index (χ1) is 7.83. The number of amides is 1. The number of morpholine rings is 1. The van der Waals surface area contributed by atoms with Crippen LogP contribution < -0.4 is 5.32 Å². The van der Waals surface area contributed by atoms with Gasteiger partial charge in [-0.05, 0) is 19.9 Å². The molecule has 5 heteroatoms. The lowest BCUT2D eigenvalue weighted by Crippen LogP contribution is -2.55. The van der Waals surface area contributed by atoms with Crippen LogP contribution in [0.15, 0.2) is 0 Å². The van der Waals surface area contributed by atoms with Crippen LogP contribution in [-0.2, 0) is 14.3 Å². The molecule has 92 valence electrons. The van der Waals surface area contributed by atoms with E-state index in [9.17, 15) is 4.79 Å². The number of carbonyl (C=O) groups is 1. The lowest BCUT2D eigenvalue weighted by Gasteiger charge is -2.36. The van der Waals surface area contributed by atoms with Gasteiger partial charge < -0.3 is 19.7 Å². The van der Waals surface area contributed by atoms with Crippen molar-refractivity contribution in [3.8, 4) is 0 Å². The van der Waals surface area contributed by atoms with Gasteiger partial charge in [0.05, 0.1) is 19.3 Å². The largest absolute Gasteiger partial charge is 0.377 e. The summed E-state index contributed by atoms with van der Waals surface area (Å²) >= 11 is 0. The summed E-state index contributed by atoms with van der Waals surface area (Å²) in [4.78, 5) is 14.1. The van der Waals surface area contributed by atoms with E-state index in [2.05, 4.69) is 5.32 Å². The van der Waals surface area contributed by atoms with E-state index in [0.29, 0.717) is 19.8 Å². The average molecular weight is 228 g/mol. The van der Waals surface area contributed by atoms with Crippen LogP contribution in [0.5, 0.6) is 0 Å². The van der Waals surface area contributed by atoms with Gasteiger partial charge in [-0.15, -0.1) is 0 Å². The zero-order valence-corrected chi connectivity index (χ0v) is 9.78. The minimum absolute atomic E-state index is 0.140. The van der Waals surface area contributed by atoms with Crippen molar-refractivity contribution in [2.75, 3.05) is 40.0 Å². The zero-order valence-electron chi connectivity index (χ0n) is 9.78. The fourth-order valence-electron chi connectivity index (χ4n) is 2.31. The highest BCUT2D eigenvalue weighted by Crippen LogP contribution is 2.17. The molecule has 0 radical (unpaired) electrons. The van der Waals surface area contributed by atoms with Crippen molar-refractivity contribution in [1.29, 1.82) is 0 Å². The second-order valence-electron chi connectivity index (χ2n) is 4.32. The molecule has 0 aromatic rings. The number of ether oxygens (including phenoxy) is 2. The van der Waals surface area contributed by atoms with Crippen molar-refractivity contribution in [2.24, 2.45) is 0 Å². The summed E-state index contributed by atoms with van der Waals surface area (Å²) < 4.78 is 10.8. The van der Waals surface area contributed by atoms with Crippen molar-refractivity contribution in [3.63, 3.8) is 0 Å². The molecule has 0 bridgehead atoms. The van der Waals surface area contributed by atoms with Crippen molar-refractivity contribution in [2.45, 2.75) is 25.0 Å². The third-order valence-corrected chi connectivity index (χ3v) is 3.16. The van der Waals surface area contributed by atoms with Gasteiger partial charge in [0.15, 0.2) is 0 Å². The number of likely N-dealkylation sites (N-methyl/N-ethyl adjacent to an activating group) is 1. The molecule has 2 aliphatic rings. The van der Waals surface area contributed by atoms with E-state index in [1.807, 2.05) is 11.9 Å². The van der Waals surface area contributed by atoms with Crippen LogP contribution in [0.3, 0.4) is 0 Å². The molecule has 0 aliphatic carbocycles. The summed E-state index contributed by atoms with van der Waals surface area (Å²) in [5, 5.41) is 3.10. The molecule has 1 N–H and O–H groups in total. The SMILES string of the molecule is CNC[C@@H]1COCCN1C(=O)C1CCCO1.